The van der Waals surface area contributed by atoms with Crippen LogP contribution in [0.5, 0.6) is 0 Å². The first-order chi connectivity index (χ1) is 12.5. The zero-order valence-corrected chi connectivity index (χ0v) is 16.0. The number of aliphatic carboxylic acids is 1. The number of carbonyl (C=O) groups is 1. The van der Waals surface area contributed by atoms with Crippen molar-refractivity contribution in [2.24, 2.45) is 13.0 Å². The normalized spacial score (nSPS) is 22.7. The fraction of sp³-hybridized carbons (Fsp3) is 0.778. The number of ether oxygens (including phenoxy) is 1. The molecule has 1 N–H and O–H groups in total. The topological polar surface area (TPSA) is 67.6 Å². The largest absolute Gasteiger partial charge is 0.490 e. The van der Waals surface area contributed by atoms with Crippen molar-refractivity contribution < 1.29 is 27.8 Å². The molecule has 1 spiro atoms. The van der Waals surface area contributed by atoms with Crippen LogP contribution in [0.3, 0.4) is 0 Å². The molecule has 6 nitrogen and oxygen atoms in total. The number of carboxylic acid groups (broad SMARTS) is 1. The van der Waals surface area contributed by atoms with Crippen molar-refractivity contribution in [3.05, 3.63) is 18.0 Å². The summed E-state index contributed by atoms with van der Waals surface area (Å²) in [6.07, 6.45) is 2.61. The van der Waals surface area contributed by atoms with E-state index in [9.17, 15) is 13.2 Å². The summed E-state index contributed by atoms with van der Waals surface area (Å²) in [5, 5.41) is 11.4. The smallest absolute Gasteiger partial charge is 0.475 e. The molecule has 1 unspecified atom stereocenters. The maximum atomic E-state index is 10.6. The van der Waals surface area contributed by atoms with Gasteiger partial charge in [0.1, 0.15) is 0 Å². The molecule has 1 aromatic heterocycles. The first-order valence-electron chi connectivity index (χ1n) is 9.16. The summed E-state index contributed by atoms with van der Waals surface area (Å²) in [6, 6.07) is 0. The zero-order chi connectivity index (χ0) is 20.2. The number of piperidine rings is 1. The Kier molecular flexibility index (Phi) is 6.91. The van der Waals surface area contributed by atoms with Gasteiger partial charge in [-0.25, -0.2) is 4.79 Å². The highest BCUT2D eigenvalue weighted by Crippen LogP contribution is 2.42. The van der Waals surface area contributed by atoms with Gasteiger partial charge < -0.3 is 14.7 Å². The molecule has 2 fully saturated rings. The van der Waals surface area contributed by atoms with Crippen molar-refractivity contribution in [2.75, 3.05) is 26.2 Å². The van der Waals surface area contributed by atoms with Gasteiger partial charge in [0.15, 0.2) is 0 Å². The Morgan fingerprint density at radius 1 is 1.41 bits per heavy atom. The van der Waals surface area contributed by atoms with Crippen molar-refractivity contribution in [1.82, 2.24) is 14.7 Å². The number of hydrogen-bond acceptors (Lipinski definition) is 4. The molecule has 0 bridgehead atoms. The van der Waals surface area contributed by atoms with Gasteiger partial charge in [-0.1, -0.05) is 13.8 Å². The molecular formula is C18H28F3N3O3. The van der Waals surface area contributed by atoms with Gasteiger partial charge in [0.2, 0.25) is 0 Å². The van der Waals surface area contributed by atoms with Gasteiger partial charge in [-0.15, -0.1) is 0 Å². The van der Waals surface area contributed by atoms with Crippen LogP contribution in [0.2, 0.25) is 0 Å². The molecule has 2 aliphatic heterocycles. The number of rotatable bonds is 3. The number of carboxylic acids is 1. The summed E-state index contributed by atoms with van der Waals surface area (Å²) in [5.74, 6) is -1.45. The van der Waals surface area contributed by atoms with Gasteiger partial charge in [-0.2, -0.15) is 18.3 Å². The number of halogens is 3. The average molecular weight is 391 g/mol. The van der Waals surface area contributed by atoms with Gasteiger partial charge in [0.25, 0.3) is 0 Å². The molecule has 0 saturated carbocycles. The van der Waals surface area contributed by atoms with Crippen molar-refractivity contribution in [3.8, 4) is 0 Å². The second-order valence-corrected chi connectivity index (χ2v) is 7.84. The van der Waals surface area contributed by atoms with Gasteiger partial charge in [-0.3, -0.25) is 4.68 Å². The second kappa shape index (κ2) is 8.60. The number of hydrogen-bond donors (Lipinski definition) is 1. The molecule has 154 valence electrons. The third kappa shape index (κ3) is 6.21. The third-order valence-electron chi connectivity index (χ3n) is 5.04. The number of aryl methyl sites for hydroxylation is 1. The van der Waals surface area contributed by atoms with Crippen molar-refractivity contribution in [2.45, 2.75) is 50.8 Å². The predicted octanol–water partition coefficient (Wildman–Crippen LogP) is 3.05. The summed E-state index contributed by atoms with van der Waals surface area (Å²) in [5.41, 5.74) is 1.49. The molecule has 2 saturated heterocycles. The lowest BCUT2D eigenvalue weighted by molar-refractivity contribution is -0.192. The van der Waals surface area contributed by atoms with Crippen LogP contribution in [-0.4, -0.2) is 63.8 Å². The molecular weight excluding hydrogens is 363 g/mol. The van der Waals surface area contributed by atoms with Gasteiger partial charge >= 0.3 is 12.1 Å². The van der Waals surface area contributed by atoms with Crippen LogP contribution >= 0.6 is 0 Å². The van der Waals surface area contributed by atoms with E-state index >= 15 is 0 Å². The fourth-order valence-electron chi connectivity index (χ4n) is 3.72. The van der Waals surface area contributed by atoms with E-state index in [2.05, 4.69) is 30.0 Å². The molecule has 0 amide bonds. The second-order valence-electron chi connectivity index (χ2n) is 7.84. The molecule has 2 aliphatic rings. The highest BCUT2D eigenvalue weighted by molar-refractivity contribution is 5.73. The summed E-state index contributed by atoms with van der Waals surface area (Å²) in [7, 11) is 1.99. The minimum atomic E-state index is -5.08. The summed E-state index contributed by atoms with van der Waals surface area (Å²) in [6.45, 7) is 9.08. The number of aromatic nitrogens is 2. The quantitative estimate of drug-likeness (QED) is 0.858. The standard InChI is InChI=1S/C16H27N3O.C2HF3O2/c1-13(2)10-19-6-4-16(5-7-19)8-14(12-20-16)15-9-17-18(3)11-15;3-2(4,5)1(6)7/h9,11,13-14H,4-8,10,12H2,1-3H3;(H,6,7). The minimum Gasteiger partial charge on any atom is -0.475 e. The fourth-order valence-corrected chi connectivity index (χ4v) is 3.72. The third-order valence-corrected chi connectivity index (χ3v) is 5.04. The lowest BCUT2D eigenvalue weighted by Gasteiger charge is -2.39. The Bertz CT molecular complexity index is 623. The van der Waals surface area contributed by atoms with Crippen LogP contribution in [0.1, 0.15) is 44.6 Å². The van der Waals surface area contributed by atoms with Crippen LogP contribution in [0, 0.1) is 5.92 Å². The Labute approximate surface area is 157 Å². The predicted molar refractivity (Wildman–Crippen MR) is 93.5 cm³/mol. The highest BCUT2D eigenvalue weighted by Gasteiger charge is 2.43. The summed E-state index contributed by atoms with van der Waals surface area (Å²) in [4.78, 5) is 11.5. The van der Waals surface area contributed by atoms with Crippen molar-refractivity contribution in [3.63, 3.8) is 0 Å². The SMILES string of the molecule is CC(C)CN1CCC2(CC1)CC(c1cnn(C)c1)CO2.O=C(O)C(F)(F)F. The molecule has 1 aromatic rings. The van der Waals surface area contributed by atoms with Crippen LogP contribution in [0.25, 0.3) is 0 Å². The molecule has 27 heavy (non-hydrogen) atoms. The van der Waals surface area contributed by atoms with Crippen LogP contribution in [-0.2, 0) is 16.6 Å². The molecule has 0 radical (unpaired) electrons. The van der Waals surface area contributed by atoms with Crippen LogP contribution in [0.15, 0.2) is 12.4 Å². The maximum Gasteiger partial charge on any atom is 0.490 e. The monoisotopic (exact) mass is 391 g/mol. The Balaban J connectivity index is 0.000000321. The average Bonchev–Trinajstić information content (AvgIpc) is 3.16. The van der Waals surface area contributed by atoms with Crippen molar-refractivity contribution >= 4 is 5.97 Å². The number of alkyl halides is 3. The Morgan fingerprint density at radius 2 is 2.00 bits per heavy atom. The Morgan fingerprint density at radius 3 is 2.44 bits per heavy atom. The summed E-state index contributed by atoms with van der Waals surface area (Å²) >= 11 is 0. The lowest BCUT2D eigenvalue weighted by Crippen LogP contribution is -2.45. The summed E-state index contributed by atoms with van der Waals surface area (Å²) < 4.78 is 39.9. The van der Waals surface area contributed by atoms with E-state index in [0.717, 1.165) is 12.5 Å². The molecule has 9 heteroatoms. The van der Waals surface area contributed by atoms with Gasteiger partial charge in [-0.05, 0) is 30.7 Å². The maximum absolute atomic E-state index is 10.6. The van der Waals surface area contributed by atoms with E-state index in [-0.39, 0.29) is 5.60 Å². The first kappa shape index (κ1) is 21.7. The zero-order valence-electron chi connectivity index (χ0n) is 16.0. The van der Waals surface area contributed by atoms with E-state index in [0.29, 0.717) is 5.92 Å². The molecule has 0 aliphatic carbocycles. The first-order valence-corrected chi connectivity index (χ1v) is 9.16. The number of nitrogens with zero attached hydrogens (tertiary/aromatic N) is 3. The van der Waals surface area contributed by atoms with Crippen LogP contribution < -0.4 is 0 Å². The molecule has 0 aromatic carbocycles. The minimum absolute atomic E-state index is 0.147. The van der Waals surface area contributed by atoms with Gasteiger partial charge in [0, 0.05) is 38.8 Å². The highest BCUT2D eigenvalue weighted by atomic mass is 19.4. The Hall–Kier alpha value is -1.61. The number of likely N-dealkylation sites (tertiary alicyclic amines) is 1. The van der Waals surface area contributed by atoms with E-state index < -0.39 is 12.1 Å². The van der Waals surface area contributed by atoms with E-state index in [1.807, 2.05) is 17.9 Å². The van der Waals surface area contributed by atoms with E-state index in [4.69, 9.17) is 14.6 Å². The van der Waals surface area contributed by atoms with Crippen LogP contribution in [0.4, 0.5) is 13.2 Å². The lowest BCUT2D eigenvalue weighted by atomic mass is 9.83. The molecule has 3 rings (SSSR count). The van der Waals surface area contributed by atoms with E-state index in [1.54, 1.807) is 0 Å². The van der Waals surface area contributed by atoms with E-state index in [1.165, 1.54) is 44.5 Å². The molecule has 3 heterocycles. The van der Waals surface area contributed by atoms with Crippen molar-refractivity contribution in [1.29, 1.82) is 0 Å². The van der Waals surface area contributed by atoms with Gasteiger partial charge in [0.05, 0.1) is 18.4 Å². The molecule has 1 atom stereocenters.